The largest absolute Gasteiger partial charge is 0.508 e. The zero-order valence-corrected chi connectivity index (χ0v) is 9.22. The number of hydrogen-bond donors (Lipinski definition) is 3. The van der Waals surface area contributed by atoms with Crippen LogP contribution >= 0.6 is 0 Å². The lowest BCUT2D eigenvalue weighted by atomic mass is 10.2. The zero-order valence-electron chi connectivity index (χ0n) is 9.22. The summed E-state index contributed by atoms with van der Waals surface area (Å²) in [5.74, 6) is -1.70. The number of pyridine rings is 1. The molecule has 2 rings (SSSR count). The van der Waals surface area contributed by atoms with Crippen LogP contribution in [-0.2, 0) is 0 Å². The normalized spacial score (nSPS) is 10.1. The Bertz CT molecular complexity index is 602. The molecule has 0 aliphatic rings. The number of carbonyl (C=O) groups is 1. The predicted octanol–water partition coefficient (Wildman–Crippen LogP) is 1.76. The summed E-state index contributed by atoms with van der Waals surface area (Å²) < 4.78 is 13.4. The summed E-state index contributed by atoms with van der Waals surface area (Å²) in [6.45, 7) is 0. The summed E-state index contributed by atoms with van der Waals surface area (Å²) in [6, 6.07) is 4.79. The van der Waals surface area contributed by atoms with E-state index in [1.807, 2.05) is 0 Å². The highest BCUT2D eigenvalue weighted by atomic mass is 19.1. The van der Waals surface area contributed by atoms with Crippen LogP contribution in [0.15, 0.2) is 36.7 Å². The molecule has 0 radical (unpaired) electrons. The van der Waals surface area contributed by atoms with E-state index in [-0.39, 0.29) is 17.0 Å². The first kappa shape index (κ1) is 11.8. The molecule has 0 bridgehead atoms. The van der Waals surface area contributed by atoms with Crippen molar-refractivity contribution in [3.05, 3.63) is 48.0 Å². The Morgan fingerprint density at radius 3 is 2.83 bits per heavy atom. The van der Waals surface area contributed by atoms with Crippen molar-refractivity contribution < 1.29 is 14.3 Å². The van der Waals surface area contributed by atoms with Gasteiger partial charge in [-0.05, 0) is 18.2 Å². The van der Waals surface area contributed by atoms with Gasteiger partial charge < -0.3 is 16.2 Å². The van der Waals surface area contributed by atoms with E-state index in [0.717, 1.165) is 6.07 Å². The Hall–Kier alpha value is -2.63. The number of phenolic OH excluding ortho intramolecular Hbond substituents is 1. The van der Waals surface area contributed by atoms with E-state index in [9.17, 15) is 9.18 Å². The molecule has 1 aromatic heterocycles. The second kappa shape index (κ2) is 4.70. The molecule has 5 nitrogen and oxygen atoms in total. The SMILES string of the molecule is Nc1cnccc1NC(=O)c1ccc(O)cc1F. The van der Waals surface area contributed by atoms with Crippen LogP contribution in [0, 0.1) is 5.82 Å². The topological polar surface area (TPSA) is 88.2 Å². The van der Waals surface area contributed by atoms with Gasteiger partial charge >= 0.3 is 0 Å². The third-order valence-electron chi connectivity index (χ3n) is 2.30. The first-order chi connectivity index (χ1) is 8.58. The van der Waals surface area contributed by atoms with E-state index in [4.69, 9.17) is 10.8 Å². The summed E-state index contributed by atoms with van der Waals surface area (Å²) in [7, 11) is 0. The van der Waals surface area contributed by atoms with E-state index in [1.54, 1.807) is 0 Å². The van der Waals surface area contributed by atoms with Gasteiger partial charge in [-0.3, -0.25) is 9.78 Å². The minimum absolute atomic E-state index is 0.177. The number of rotatable bonds is 2. The van der Waals surface area contributed by atoms with Crippen molar-refractivity contribution in [2.24, 2.45) is 0 Å². The quantitative estimate of drug-likeness (QED) is 0.754. The molecule has 0 fully saturated rings. The number of anilines is 2. The lowest BCUT2D eigenvalue weighted by Gasteiger charge is -2.08. The molecular formula is C12H10FN3O2. The van der Waals surface area contributed by atoms with Crippen LogP contribution in [0.3, 0.4) is 0 Å². The number of benzene rings is 1. The van der Waals surface area contributed by atoms with Gasteiger partial charge in [-0.25, -0.2) is 4.39 Å². The fourth-order valence-electron chi connectivity index (χ4n) is 1.40. The fourth-order valence-corrected chi connectivity index (χ4v) is 1.40. The summed E-state index contributed by atoms with van der Waals surface area (Å²) in [4.78, 5) is 15.6. The van der Waals surface area contributed by atoms with Gasteiger partial charge in [-0.15, -0.1) is 0 Å². The van der Waals surface area contributed by atoms with Crippen LogP contribution in [0.2, 0.25) is 0 Å². The van der Waals surface area contributed by atoms with E-state index in [1.165, 1.54) is 30.6 Å². The highest BCUT2D eigenvalue weighted by molar-refractivity contribution is 6.05. The Morgan fingerprint density at radius 2 is 2.17 bits per heavy atom. The van der Waals surface area contributed by atoms with Gasteiger partial charge in [-0.2, -0.15) is 0 Å². The molecule has 0 unspecified atom stereocenters. The Kier molecular flexibility index (Phi) is 3.09. The molecule has 1 heterocycles. The molecule has 0 saturated heterocycles. The highest BCUT2D eigenvalue weighted by Crippen LogP contribution is 2.19. The number of amides is 1. The minimum atomic E-state index is -0.805. The predicted molar refractivity (Wildman–Crippen MR) is 64.7 cm³/mol. The average Bonchev–Trinajstić information content (AvgIpc) is 2.32. The number of nitrogens with zero attached hydrogens (tertiary/aromatic N) is 1. The van der Waals surface area contributed by atoms with E-state index in [0.29, 0.717) is 5.69 Å². The maximum atomic E-state index is 13.4. The highest BCUT2D eigenvalue weighted by Gasteiger charge is 2.13. The molecule has 1 amide bonds. The third kappa shape index (κ3) is 2.37. The number of aromatic nitrogens is 1. The number of nitrogens with one attached hydrogen (secondary N) is 1. The number of hydrogen-bond acceptors (Lipinski definition) is 4. The van der Waals surface area contributed by atoms with Crippen LogP contribution in [-0.4, -0.2) is 16.0 Å². The molecule has 6 heteroatoms. The molecule has 4 N–H and O–H groups in total. The van der Waals surface area contributed by atoms with Gasteiger partial charge in [0.05, 0.1) is 23.1 Å². The van der Waals surface area contributed by atoms with Gasteiger partial charge in [0.15, 0.2) is 0 Å². The molecule has 0 spiro atoms. The van der Waals surface area contributed by atoms with Crippen molar-refractivity contribution >= 4 is 17.3 Å². The summed E-state index contributed by atoms with van der Waals surface area (Å²) in [6.07, 6.45) is 2.84. The van der Waals surface area contributed by atoms with Crippen molar-refractivity contribution in [3.8, 4) is 5.75 Å². The van der Waals surface area contributed by atoms with Crippen LogP contribution in [0.4, 0.5) is 15.8 Å². The Balaban J connectivity index is 2.25. The van der Waals surface area contributed by atoms with E-state index < -0.39 is 11.7 Å². The smallest absolute Gasteiger partial charge is 0.258 e. The summed E-state index contributed by atoms with van der Waals surface area (Å²) in [5.41, 5.74) is 6.05. The van der Waals surface area contributed by atoms with Crippen molar-refractivity contribution in [2.75, 3.05) is 11.1 Å². The maximum Gasteiger partial charge on any atom is 0.258 e. The molecule has 18 heavy (non-hydrogen) atoms. The van der Waals surface area contributed by atoms with Crippen LogP contribution in [0.5, 0.6) is 5.75 Å². The standard InChI is InChI=1S/C12H10FN3O2/c13-9-5-7(17)1-2-8(9)12(18)16-11-3-4-15-6-10(11)14/h1-6,17H,14H2,(H,15,16,18). The van der Waals surface area contributed by atoms with Crippen LogP contribution < -0.4 is 11.1 Å². The van der Waals surface area contributed by atoms with Crippen LogP contribution in [0.25, 0.3) is 0 Å². The molecule has 0 saturated carbocycles. The number of halogens is 1. The number of phenols is 1. The first-order valence-electron chi connectivity index (χ1n) is 5.07. The Morgan fingerprint density at radius 1 is 1.39 bits per heavy atom. The molecule has 0 atom stereocenters. The molecular weight excluding hydrogens is 237 g/mol. The van der Waals surface area contributed by atoms with Gasteiger partial charge in [0.2, 0.25) is 0 Å². The number of nitrogens with two attached hydrogens (primary N) is 1. The molecule has 0 aliphatic heterocycles. The average molecular weight is 247 g/mol. The third-order valence-corrected chi connectivity index (χ3v) is 2.30. The monoisotopic (exact) mass is 247 g/mol. The number of carbonyl (C=O) groups excluding carboxylic acids is 1. The van der Waals surface area contributed by atoms with Crippen molar-refractivity contribution in [1.82, 2.24) is 4.98 Å². The summed E-state index contributed by atoms with van der Waals surface area (Å²) in [5, 5.41) is 11.5. The van der Waals surface area contributed by atoms with Gasteiger partial charge in [0, 0.05) is 12.3 Å². The lowest BCUT2D eigenvalue weighted by Crippen LogP contribution is -2.14. The summed E-state index contributed by atoms with van der Waals surface area (Å²) >= 11 is 0. The van der Waals surface area contributed by atoms with Crippen molar-refractivity contribution in [2.45, 2.75) is 0 Å². The second-order valence-electron chi connectivity index (χ2n) is 3.58. The molecule has 92 valence electrons. The van der Waals surface area contributed by atoms with E-state index >= 15 is 0 Å². The second-order valence-corrected chi connectivity index (χ2v) is 3.58. The zero-order chi connectivity index (χ0) is 13.1. The number of aromatic hydroxyl groups is 1. The Labute approximate surface area is 102 Å². The van der Waals surface area contributed by atoms with Gasteiger partial charge in [-0.1, -0.05) is 0 Å². The fraction of sp³-hybridized carbons (Fsp3) is 0. The number of nitrogen functional groups attached to an aromatic ring is 1. The van der Waals surface area contributed by atoms with Gasteiger partial charge in [0.25, 0.3) is 5.91 Å². The van der Waals surface area contributed by atoms with Gasteiger partial charge in [0.1, 0.15) is 11.6 Å². The maximum absolute atomic E-state index is 13.4. The molecule has 1 aromatic carbocycles. The molecule has 2 aromatic rings. The lowest BCUT2D eigenvalue weighted by molar-refractivity contribution is 0.102. The van der Waals surface area contributed by atoms with Crippen molar-refractivity contribution in [3.63, 3.8) is 0 Å². The van der Waals surface area contributed by atoms with E-state index in [2.05, 4.69) is 10.3 Å². The van der Waals surface area contributed by atoms with Crippen LogP contribution in [0.1, 0.15) is 10.4 Å². The molecule has 0 aliphatic carbocycles. The first-order valence-corrected chi connectivity index (χ1v) is 5.07. The van der Waals surface area contributed by atoms with Crippen molar-refractivity contribution in [1.29, 1.82) is 0 Å². The minimum Gasteiger partial charge on any atom is -0.508 e.